The van der Waals surface area contributed by atoms with Crippen LogP contribution in [0.15, 0.2) is 31.4 Å². The molecule has 2 aromatic rings. The Bertz CT molecular complexity index is 772. The maximum absolute atomic E-state index is 12.7. The minimum atomic E-state index is -3.58. The number of aromatic nitrogens is 1. The van der Waals surface area contributed by atoms with Crippen LogP contribution in [0.1, 0.15) is 16.3 Å². The highest BCUT2D eigenvalue weighted by atomic mass is 79.9. The minimum absolute atomic E-state index is 0.245. The summed E-state index contributed by atoms with van der Waals surface area (Å²) in [4.78, 5) is 4.55. The van der Waals surface area contributed by atoms with E-state index in [4.69, 9.17) is 0 Å². The average Bonchev–Trinajstić information content (AvgIpc) is 2.79. The Hall–Kier alpha value is -0.280. The third kappa shape index (κ3) is 3.73. The van der Waals surface area contributed by atoms with Gasteiger partial charge in [0, 0.05) is 21.4 Å². The van der Waals surface area contributed by atoms with E-state index in [1.165, 1.54) is 15.6 Å². The van der Waals surface area contributed by atoms with Crippen LogP contribution < -0.4 is 0 Å². The topological polar surface area (TPSA) is 50.3 Å². The van der Waals surface area contributed by atoms with Gasteiger partial charge in [0.05, 0.1) is 22.1 Å². The van der Waals surface area contributed by atoms with Crippen LogP contribution in [0.2, 0.25) is 0 Å². The van der Waals surface area contributed by atoms with Gasteiger partial charge in [-0.2, -0.15) is 4.31 Å². The molecule has 0 saturated carbocycles. The zero-order chi connectivity index (χ0) is 15.8. The van der Waals surface area contributed by atoms with Crippen molar-refractivity contribution in [1.29, 1.82) is 0 Å². The van der Waals surface area contributed by atoms with Gasteiger partial charge in [0.2, 0.25) is 10.0 Å². The predicted molar refractivity (Wildman–Crippen MR) is 92.1 cm³/mol. The van der Waals surface area contributed by atoms with Crippen LogP contribution in [0.25, 0.3) is 0 Å². The Morgan fingerprint density at radius 1 is 1.24 bits per heavy atom. The normalized spacial score (nSPS) is 12.1. The Kier molecular flexibility index (Phi) is 5.25. The van der Waals surface area contributed by atoms with Gasteiger partial charge < -0.3 is 0 Å². The van der Waals surface area contributed by atoms with Crippen LogP contribution in [-0.2, 0) is 16.6 Å². The summed E-state index contributed by atoms with van der Waals surface area (Å²) in [5.74, 6) is 0. The molecule has 0 bridgehead atoms. The van der Waals surface area contributed by atoms with Crippen molar-refractivity contribution in [1.82, 2.24) is 9.29 Å². The maximum atomic E-state index is 12.7. The van der Waals surface area contributed by atoms with Gasteiger partial charge in [0.15, 0.2) is 0 Å². The van der Waals surface area contributed by atoms with Crippen molar-refractivity contribution in [2.45, 2.75) is 25.3 Å². The molecule has 0 radical (unpaired) electrons. The molecule has 8 heteroatoms. The van der Waals surface area contributed by atoms with E-state index in [1.54, 1.807) is 19.2 Å². The van der Waals surface area contributed by atoms with E-state index < -0.39 is 10.0 Å². The third-order valence-corrected chi connectivity index (χ3v) is 7.39. The summed E-state index contributed by atoms with van der Waals surface area (Å²) in [5, 5.41) is 2.80. The van der Waals surface area contributed by atoms with Crippen LogP contribution in [0.4, 0.5) is 0 Å². The predicted octanol–water partition coefficient (Wildman–Crippen LogP) is 4.11. The smallest absolute Gasteiger partial charge is 0.244 e. The first-order valence-corrected chi connectivity index (χ1v) is 9.95. The van der Waals surface area contributed by atoms with Crippen LogP contribution >= 0.6 is 43.2 Å². The van der Waals surface area contributed by atoms with E-state index in [2.05, 4.69) is 36.8 Å². The van der Waals surface area contributed by atoms with Gasteiger partial charge in [-0.15, -0.1) is 11.3 Å². The number of rotatable bonds is 4. The molecule has 1 aromatic carbocycles. The highest BCUT2D eigenvalue weighted by molar-refractivity contribution is 9.11. The Balaban J connectivity index is 2.35. The van der Waals surface area contributed by atoms with Gasteiger partial charge in [0.25, 0.3) is 0 Å². The molecule has 1 aromatic heterocycles. The molecule has 0 saturated heterocycles. The molecule has 0 unspecified atom stereocenters. The largest absolute Gasteiger partial charge is 0.245 e. The van der Waals surface area contributed by atoms with Crippen LogP contribution in [0.5, 0.6) is 0 Å². The number of sulfonamides is 1. The molecule has 2 rings (SSSR count). The summed E-state index contributed by atoms with van der Waals surface area (Å²) < 4.78 is 28.0. The van der Waals surface area contributed by atoms with Crippen molar-refractivity contribution in [2.75, 3.05) is 7.05 Å². The summed E-state index contributed by atoms with van der Waals surface area (Å²) in [5.41, 5.74) is 1.73. The number of nitrogens with zero attached hydrogens (tertiary/aromatic N) is 2. The Morgan fingerprint density at radius 2 is 1.90 bits per heavy atom. The second kappa shape index (κ2) is 6.45. The minimum Gasteiger partial charge on any atom is -0.245 e. The molecule has 0 atom stereocenters. The average molecular weight is 454 g/mol. The Morgan fingerprint density at radius 3 is 2.48 bits per heavy atom. The number of hydrogen-bond donors (Lipinski definition) is 0. The molecular weight excluding hydrogens is 440 g/mol. The molecule has 1 heterocycles. The number of aryl methyl sites for hydroxylation is 2. The molecule has 0 N–H and O–H groups in total. The second-order valence-corrected chi connectivity index (χ2v) is 9.43. The molecule has 114 valence electrons. The van der Waals surface area contributed by atoms with E-state index in [1.807, 2.05) is 19.2 Å². The van der Waals surface area contributed by atoms with E-state index in [0.717, 1.165) is 20.7 Å². The number of benzene rings is 1. The lowest BCUT2D eigenvalue weighted by molar-refractivity contribution is 0.462. The molecule has 0 aliphatic rings. The lowest BCUT2D eigenvalue weighted by atomic mass is 10.2. The van der Waals surface area contributed by atoms with E-state index in [9.17, 15) is 8.42 Å². The summed E-state index contributed by atoms with van der Waals surface area (Å²) in [6.07, 6.45) is 0. The molecular formula is C13H14Br2N2O2S2. The van der Waals surface area contributed by atoms with Gasteiger partial charge in [-0.05, 0) is 47.5 Å². The first kappa shape index (κ1) is 17.1. The van der Waals surface area contributed by atoms with Crippen molar-refractivity contribution in [3.05, 3.63) is 42.7 Å². The molecule has 0 fully saturated rings. The molecule has 21 heavy (non-hydrogen) atoms. The van der Waals surface area contributed by atoms with Crippen molar-refractivity contribution in [3.8, 4) is 0 Å². The summed E-state index contributed by atoms with van der Waals surface area (Å²) >= 11 is 8.22. The fourth-order valence-corrected chi connectivity index (χ4v) is 5.17. The van der Waals surface area contributed by atoms with Gasteiger partial charge >= 0.3 is 0 Å². The fourth-order valence-electron chi connectivity index (χ4n) is 1.79. The second-order valence-electron chi connectivity index (χ2n) is 4.65. The van der Waals surface area contributed by atoms with Crippen molar-refractivity contribution < 1.29 is 8.42 Å². The standard InChI is InChI=1S/C13H14Br2N2O2S2/c1-8-4-12(15)13(5-11(8)14)21(18,19)17(3)6-10-7-20-9(2)16-10/h4-5,7H,6H2,1-3H3. The van der Waals surface area contributed by atoms with E-state index >= 15 is 0 Å². The third-order valence-electron chi connectivity index (χ3n) is 2.95. The summed E-state index contributed by atoms with van der Waals surface area (Å²) in [7, 11) is -2.02. The molecule has 0 aliphatic heterocycles. The van der Waals surface area contributed by atoms with Crippen LogP contribution in [0.3, 0.4) is 0 Å². The van der Waals surface area contributed by atoms with Crippen molar-refractivity contribution in [3.63, 3.8) is 0 Å². The number of thiazole rings is 1. The molecule has 4 nitrogen and oxygen atoms in total. The Labute approximate surface area is 145 Å². The molecule has 0 aliphatic carbocycles. The zero-order valence-corrected chi connectivity index (χ0v) is 16.5. The van der Waals surface area contributed by atoms with Crippen molar-refractivity contribution in [2.24, 2.45) is 0 Å². The maximum Gasteiger partial charge on any atom is 0.244 e. The zero-order valence-electron chi connectivity index (χ0n) is 11.7. The SMILES string of the molecule is Cc1nc(CN(C)S(=O)(=O)c2cc(Br)c(C)cc2Br)cs1. The quantitative estimate of drug-likeness (QED) is 0.699. The van der Waals surface area contributed by atoms with Gasteiger partial charge in [0.1, 0.15) is 0 Å². The summed E-state index contributed by atoms with van der Waals surface area (Å²) in [6.45, 7) is 4.06. The highest BCUT2D eigenvalue weighted by Crippen LogP contribution is 2.31. The number of halogens is 2. The molecule has 0 spiro atoms. The lowest BCUT2D eigenvalue weighted by Crippen LogP contribution is -2.27. The van der Waals surface area contributed by atoms with E-state index in [0.29, 0.717) is 4.47 Å². The van der Waals surface area contributed by atoms with Crippen LogP contribution in [0, 0.1) is 13.8 Å². The first-order chi connectivity index (χ1) is 9.71. The van der Waals surface area contributed by atoms with Gasteiger partial charge in [-0.25, -0.2) is 13.4 Å². The fraction of sp³-hybridized carbons (Fsp3) is 0.308. The van der Waals surface area contributed by atoms with Gasteiger partial charge in [-0.3, -0.25) is 0 Å². The number of hydrogen-bond acceptors (Lipinski definition) is 4. The van der Waals surface area contributed by atoms with Gasteiger partial charge in [-0.1, -0.05) is 15.9 Å². The highest BCUT2D eigenvalue weighted by Gasteiger charge is 2.25. The van der Waals surface area contributed by atoms with Crippen LogP contribution in [-0.4, -0.2) is 24.8 Å². The first-order valence-electron chi connectivity index (χ1n) is 6.05. The molecule has 0 amide bonds. The summed E-state index contributed by atoms with van der Waals surface area (Å²) in [6, 6.07) is 3.41. The monoisotopic (exact) mass is 452 g/mol. The van der Waals surface area contributed by atoms with Crippen molar-refractivity contribution >= 4 is 53.2 Å². The van der Waals surface area contributed by atoms with E-state index in [-0.39, 0.29) is 11.4 Å². The lowest BCUT2D eigenvalue weighted by Gasteiger charge is -2.18.